The summed E-state index contributed by atoms with van der Waals surface area (Å²) in [4.78, 5) is 35.0. The third-order valence-corrected chi connectivity index (χ3v) is 7.28. The van der Waals surface area contributed by atoms with Gasteiger partial charge in [-0.05, 0) is 43.5 Å². The first-order valence-electron chi connectivity index (χ1n) is 11.3. The molecule has 0 atom stereocenters. The van der Waals surface area contributed by atoms with Gasteiger partial charge in [0.2, 0.25) is 5.91 Å². The van der Waals surface area contributed by atoms with Crippen molar-refractivity contribution >= 4 is 28.8 Å². The van der Waals surface area contributed by atoms with Crippen molar-refractivity contribution in [3.63, 3.8) is 0 Å². The first-order chi connectivity index (χ1) is 15.9. The zero-order valence-electron chi connectivity index (χ0n) is 19.4. The van der Waals surface area contributed by atoms with E-state index in [1.54, 1.807) is 0 Å². The summed E-state index contributed by atoms with van der Waals surface area (Å²) in [6.45, 7) is 8.88. The minimum atomic E-state index is -0.0210. The Hall–Kier alpha value is -3.03. The number of carbonyl (C=O) groups is 2. The third-order valence-electron chi connectivity index (χ3n) is 6.14. The van der Waals surface area contributed by atoms with Crippen molar-refractivity contribution in [1.29, 1.82) is 0 Å². The Morgan fingerprint density at radius 3 is 2.42 bits per heavy atom. The molecule has 0 bridgehead atoms. The summed E-state index contributed by atoms with van der Waals surface area (Å²) in [7, 11) is 0. The Labute approximate surface area is 199 Å². The van der Waals surface area contributed by atoms with Crippen LogP contribution in [-0.2, 0) is 11.2 Å². The van der Waals surface area contributed by atoms with Gasteiger partial charge in [-0.25, -0.2) is 4.98 Å². The van der Waals surface area contributed by atoms with Crippen LogP contribution in [0.3, 0.4) is 0 Å². The topological polar surface area (TPSA) is 65.5 Å². The van der Waals surface area contributed by atoms with Crippen molar-refractivity contribution in [1.82, 2.24) is 14.8 Å². The molecule has 172 valence electrons. The Morgan fingerprint density at radius 1 is 0.970 bits per heavy atom. The van der Waals surface area contributed by atoms with Gasteiger partial charge in [0.05, 0.1) is 17.2 Å². The van der Waals surface area contributed by atoms with E-state index in [1.165, 1.54) is 16.9 Å². The van der Waals surface area contributed by atoms with Crippen molar-refractivity contribution < 1.29 is 9.59 Å². The second-order valence-electron chi connectivity index (χ2n) is 8.55. The monoisotopic (exact) mass is 462 g/mol. The van der Waals surface area contributed by atoms with E-state index in [2.05, 4.69) is 27.3 Å². The first kappa shape index (κ1) is 23.1. The lowest BCUT2D eigenvalue weighted by molar-refractivity contribution is -0.117. The highest BCUT2D eigenvalue weighted by Crippen LogP contribution is 2.23. The largest absolute Gasteiger partial charge is 0.335 e. The lowest BCUT2D eigenvalue weighted by Crippen LogP contribution is -2.50. The average Bonchev–Trinajstić information content (AvgIpc) is 3.17. The van der Waals surface area contributed by atoms with E-state index in [-0.39, 0.29) is 11.8 Å². The van der Waals surface area contributed by atoms with Crippen LogP contribution >= 0.6 is 11.3 Å². The van der Waals surface area contributed by atoms with Gasteiger partial charge in [0.25, 0.3) is 5.91 Å². The maximum Gasteiger partial charge on any atom is 0.265 e. The van der Waals surface area contributed by atoms with E-state index < -0.39 is 0 Å². The van der Waals surface area contributed by atoms with Crippen LogP contribution in [0.25, 0.3) is 0 Å². The third kappa shape index (κ3) is 5.67. The second kappa shape index (κ2) is 10.3. The van der Waals surface area contributed by atoms with Gasteiger partial charge in [0.15, 0.2) is 0 Å². The maximum atomic E-state index is 13.1. The number of piperazine rings is 1. The standard InChI is InChI=1S/C26H30N4O2S/c1-18-8-7-11-22(19(18)2)28-23(31)17-29-12-14-30(15-13-29)26(32)25-20(3)27-24(33-25)16-21-9-5-4-6-10-21/h4-11H,12-17H2,1-3H3,(H,28,31). The van der Waals surface area contributed by atoms with Gasteiger partial charge in [0.1, 0.15) is 4.88 Å². The molecule has 0 aliphatic carbocycles. The number of rotatable bonds is 6. The number of hydrogen-bond donors (Lipinski definition) is 1. The number of nitrogens with zero attached hydrogens (tertiary/aromatic N) is 3. The number of aromatic nitrogens is 1. The summed E-state index contributed by atoms with van der Waals surface area (Å²) in [6.07, 6.45) is 0.739. The molecule has 1 aromatic heterocycles. The lowest BCUT2D eigenvalue weighted by Gasteiger charge is -2.34. The zero-order valence-corrected chi connectivity index (χ0v) is 20.2. The van der Waals surface area contributed by atoms with Gasteiger partial charge >= 0.3 is 0 Å². The van der Waals surface area contributed by atoms with E-state index in [9.17, 15) is 9.59 Å². The normalized spacial score (nSPS) is 14.3. The lowest BCUT2D eigenvalue weighted by atomic mass is 10.1. The van der Waals surface area contributed by atoms with Crippen LogP contribution in [0.1, 0.15) is 37.1 Å². The molecule has 1 fully saturated rings. The molecule has 1 aliphatic rings. The fourth-order valence-electron chi connectivity index (χ4n) is 4.03. The van der Waals surface area contributed by atoms with E-state index >= 15 is 0 Å². The molecule has 0 spiro atoms. The summed E-state index contributed by atoms with van der Waals surface area (Å²) in [5, 5.41) is 3.98. The fourth-order valence-corrected chi connectivity index (χ4v) is 5.10. The van der Waals surface area contributed by atoms with Crippen LogP contribution in [0.2, 0.25) is 0 Å². The Morgan fingerprint density at radius 2 is 1.70 bits per heavy atom. The Bertz CT molecular complexity index is 1130. The van der Waals surface area contributed by atoms with Crippen molar-refractivity contribution in [2.24, 2.45) is 0 Å². The van der Waals surface area contributed by atoms with Crippen LogP contribution < -0.4 is 5.32 Å². The van der Waals surface area contributed by atoms with Gasteiger partial charge in [-0.1, -0.05) is 42.5 Å². The van der Waals surface area contributed by atoms with E-state index in [0.717, 1.165) is 38.8 Å². The fraction of sp³-hybridized carbons (Fsp3) is 0.346. The van der Waals surface area contributed by atoms with Crippen LogP contribution in [0.4, 0.5) is 5.69 Å². The van der Waals surface area contributed by atoms with Crippen LogP contribution in [0.15, 0.2) is 48.5 Å². The number of nitrogens with one attached hydrogen (secondary N) is 1. The van der Waals surface area contributed by atoms with Crippen LogP contribution in [0, 0.1) is 20.8 Å². The quantitative estimate of drug-likeness (QED) is 0.600. The molecule has 2 heterocycles. The Balaban J connectivity index is 1.30. The summed E-state index contributed by atoms with van der Waals surface area (Å²) >= 11 is 1.49. The highest BCUT2D eigenvalue weighted by atomic mass is 32.1. The summed E-state index contributed by atoms with van der Waals surface area (Å²) in [5.74, 6) is 0.0242. The van der Waals surface area contributed by atoms with Crippen LogP contribution in [-0.4, -0.2) is 59.3 Å². The summed E-state index contributed by atoms with van der Waals surface area (Å²) in [5.41, 5.74) is 5.10. The number of thiazole rings is 1. The number of anilines is 1. The van der Waals surface area contributed by atoms with E-state index in [1.807, 2.05) is 62.1 Å². The minimum Gasteiger partial charge on any atom is -0.335 e. The molecule has 2 aromatic carbocycles. The summed E-state index contributed by atoms with van der Waals surface area (Å²) in [6, 6.07) is 16.1. The molecule has 0 saturated carbocycles. The zero-order chi connectivity index (χ0) is 23.4. The SMILES string of the molecule is Cc1cccc(NC(=O)CN2CCN(C(=O)c3sc(Cc4ccccc4)nc3C)CC2)c1C. The van der Waals surface area contributed by atoms with E-state index in [0.29, 0.717) is 32.7 Å². The molecule has 1 saturated heterocycles. The van der Waals surface area contributed by atoms with Gasteiger partial charge in [-0.15, -0.1) is 11.3 Å². The van der Waals surface area contributed by atoms with Crippen molar-refractivity contribution in [3.05, 3.63) is 80.8 Å². The number of amides is 2. The van der Waals surface area contributed by atoms with Crippen molar-refractivity contribution in [2.75, 3.05) is 38.0 Å². The van der Waals surface area contributed by atoms with Gasteiger partial charge in [0, 0.05) is 38.3 Å². The van der Waals surface area contributed by atoms with Crippen molar-refractivity contribution in [3.8, 4) is 0 Å². The molecule has 2 amide bonds. The second-order valence-corrected chi connectivity index (χ2v) is 9.63. The first-order valence-corrected chi connectivity index (χ1v) is 12.1. The molecular weight excluding hydrogens is 432 g/mol. The van der Waals surface area contributed by atoms with Crippen LogP contribution in [0.5, 0.6) is 0 Å². The van der Waals surface area contributed by atoms with Gasteiger partial charge in [-0.3, -0.25) is 14.5 Å². The highest BCUT2D eigenvalue weighted by Gasteiger charge is 2.26. The number of aryl methyl sites for hydroxylation is 2. The number of hydrogen-bond acceptors (Lipinski definition) is 5. The minimum absolute atomic E-state index is 0.0210. The molecule has 4 rings (SSSR count). The molecule has 7 heteroatoms. The molecule has 33 heavy (non-hydrogen) atoms. The molecule has 1 aliphatic heterocycles. The molecule has 1 N–H and O–H groups in total. The van der Waals surface area contributed by atoms with E-state index in [4.69, 9.17) is 0 Å². The maximum absolute atomic E-state index is 13.1. The average molecular weight is 463 g/mol. The molecular formula is C26H30N4O2S. The Kier molecular flexibility index (Phi) is 7.20. The smallest absolute Gasteiger partial charge is 0.265 e. The van der Waals surface area contributed by atoms with Crippen molar-refractivity contribution in [2.45, 2.75) is 27.2 Å². The highest BCUT2D eigenvalue weighted by molar-refractivity contribution is 7.13. The number of carbonyl (C=O) groups excluding carboxylic acids is 2. The summed E-state index contributed by atoms with van der Waals surface area (Å²) < 4.78 is 0. The molecule has 6 nitrogen and oxygen atoms in total. The molecule has 0 unspecified atom stereocenters. The van der Waals surface area contributed by atoms with Gasteiger partial charge in [-0.2, -0.15) is 0 Å². The predicted octanol–water partition coefficient (Wildman–Crippen LogP) is 4.06. The molecule has 3 aromatic rings. The number of benzene rings is 2. The molecule has 0 radical (unpaired) electrons. The van der Waals surface area contributed by atoms with Gasteiger partial charge < -0.3 is 10.2 Å². The predicted molar refractivity (Wildman–Crippen MR) is 133 cm³/mol.